The number of pyridine rings is 1. The lowest BCUT2D eigenvalue weighted by atomic mass is 10.1. The topological polar surface area (TPSA) is 92.6 Å². The fourth-order valence-electron chi connectivity index (χ4n) is 3.88. The first kappa shape index (κ1) is 23.3. The second kappa shape index (κ2) is 10.0. The van der Waals surface area contributed by atoms with E-state index in [1.807, 2.05) is 0 Å². The molecule has 1 saturated carbocycles. The van der Waals surface area contributed by atoms with Crippen molar-refractivity contribution in [3.05, 3.63) is 42.2 Å². The fourth-order valence-corrected chi connectivity index (χ4v) is 3.88. The van der Waals surface area contributed by atoms with Gasteiger partial charge in [0, 0.05) is 23.9 Å². The minimum absolute atomic E-state index is 0.0404. The average Bonchev–Trinajstić information content (AvgIpc) is 3.57. The summed E-state index contributed by atoms with van der Waals surface area (Å²) in [6, 6.07) is 6.57. The van der Waals surface area contributed by atoms with Crippen LogP contribution in [-0.4, -0.2) is 67.6 Å². The van der Waals surface area contributed by atoms with Gasteiger partial charge in [0.2, 0.25) is 0 Å². The molecule has 1 amide bonds. The number of amides is 1. The summed E-state index contributed by atoms with van der Waals surface area (Å²) in [4.78, 5) is 17.2. The molecular weight excluding hydrogens is 464 g/mol. The largest absolute Gasteiger partial charge is 0.496 e. The second-order valence-corrected chi connectivity index (χ2v) is 8.29. The Hall–Kier alpha value is -3.44. The summed E-state index contributed by atoms with van der Waals surface area (Å²) in [5, 5.41) is 2.79. The van der Waals surface area contributed by atoms with Gasteiger partial charge in [-0.2, -0.15) is 8.78 Å². The minimum atomic E-state index is -3.11. The van der Waals surface area contributed by atoms with E-state index in [0.717, 1.165) is 12.8 Å². The number of rotatable bonds is 9. The van der Waals surface area contributed by atoms with E-state index >= 15 is 0 Å². The van der Waals surface area contributed by atoms with Crippen molar-refractivity contribution in [2.24, 2.45) is 0 Å². The third-order valence-corrected chi connectivity index (χ3v) is 5.74. The van der Waals surface area contributed by atoms with Crippen molar-refractivity contribution in [3.8, 4) is 28.5 Å². The molecule has 2 aromatic heterocycles. The van der Waals surface area contributed by atoms with Crippen LogP contribution in [0, 0.1) is 0 Å². The van der Waals surface area contributed by atoms with Crippen molar-refractivity contribution in [1.82, 2.24) is 14.7 Å². The number of ether oxygens (including phenoxy) is 5. The van der Waals surface area contributed by atoms with Gasteiger partial charge < -0.3 is 29.0 Å². The van der Waals surface area contributed by atoms with Gasteiger partial charge in [-0.1, -0.05) is 0 Å². The summed E-state index contributed by atoms with van der Waals surface area (Å²) in [7, 11) is 1.37. The zero-order valence-corrected chi connectivity index (χ0v) is 19.0. The smallest absolute Gasteiger partial charge is 0.387 e. The molecule has 2 aliphatic rings. The molecule has 1 atom stereocenters. The molecule has 5 rings (SSSR count). The van der Waals surface area contributed by atoms with Gasteiger partial charge in [-0.25, -0.2) is 4.98 Å². The van der Waals surface area contributed by atoms with E-state index in [9.17, 15) is 13.6 Å². The van der Waals surface area contributed by atoms with Crippen molar-refractivity contribution in [3.63, 3.8) is 0 Å². The van der Waals surface area contributed by atoms with E-state index in [4.69, 9.17) is 23.7 Å². The molecule has 3 heterocycles. The Balaban J connectivity index is 1.44. The Morgan fingerprint density at radius 3 is 2.80 bits per heavy atom. The number of nitrogens with one attached hydrogen (secondary N) is 1. The van der Waals surface area contributed by atoms with Crippen LogP contribution in [0.4, 0.5) is 8.78 Å². The number of imidazole rings is 1. The number of hydrogen-bond donors (Lipinski definition) is 1. The standard InChI is InChI=1S/C24H25F2N3O6/c1-31-19-8-14(9-20(35-24(25)26)22(19)23(30)28-15-2-3-15)18-11-27-21-10-16(4-5-29(18)21)34-13-17-12-32-6-7-33-17/h4-5,8-11,15,17,24H,2-3,6-7,12-13H2,1H3,(H,28,30). The highest BCUT2D eigenvalue weighted by Crippen LogP contribution is 2.37. The van der Waals surface area contributed by atoms with Crippen LogP contribution >= 0.6 is 0 Å². The minimum Gasteiger partial charge on any atom is -0.496 e. The normalized spacial score (nSPS) is 18.0. The number of halogens is 2. The number of alkyl halides is 2. The molecular formula is C24H25F2N3O6. The summed E-state index contributed by atoms with van der Waals surface area (Å²) in [6.07, 6.45) is 4.94. The number of carbonyl (C=O) groups excluding carboxylic acids is 1. The molecule has 11 heteroatoms. The van der Waals surface area contributed by atoms with E-state index < -0.39 is 12.5 Å². The summed E-state index contributed by atoms with van der Waals surface area (Å²) in [6.45, 7) is -1.16. The Labute approximate surface area is 199 Å². The summed E-state index contributed by atoms with van der Waals surface area (Å²) in [5.74, 6) is -0.0490. The second-order valence-electron chi connectivity index (χ2n) is 8.29. The molecule has 1 aliphatic carbocycles. The van der Waals surface area contributed by atoms with Crippen LogP contribution in [0.15, 0.2) is 36.7 Å². The lowest BCUT2D eigenvalue weighted by Gasteiger charge is -2.22. The predicted molar refractivity (Wildman–Crippen MR) is 120 cm³/mol. The summed E-state index contributed by atoms with van der Waals surface area (Å²) in [5.41, 5.74) is 1.61. The zero-order valence-electron chi connectivity index (χ0n) is 19.0. The molecule has 1 aromatic carbocycles. The van der Waals surface area contributed by atoms with E-state index in [2.05, 4.69) is 10.3 Å². The molecule has 3 aromatic rings. The van der Waals surface area contributed by atoms with Gasteiger partial charge in [-0.3, -0.25) is 9.20 Å². The van der Waals surface area contributed by atoms with Crippen molar-refractivity contribution in [2.45, 2.75) is 31.6 Å². The highest BCUT2D eigenvalue weighted by Gasteiger charge is 2.29. The molecule has 0 radical (unpaired) electrons. The summed E-state index contributed by atoms with van der Waals surface area (Å²) >= 11 is 0. The quantitative estimate of drug-likeness (QED) is 0.493. The highest BCUT2D eigenvalue weighted by molar-refractivity contribution is 6.01. The van der Waals surface area contributed by atoms with Crippen LogP contribution in [0.25, 0.3) is 16.9 Å². The molecule has 0 spiro atoms. The van der Waals surface area contributed by atoms with Gasteiger partial charge in [0.1, 0.15) is 41.2 Å². The first-order chi connectivity index (χ1) is 17.0. The van der Waals surface area contributed by atoms with E-state index in [1.54, 1.807) is 35.0 Å². The number of benzene rings is 1. The van der Waals surface area contributed by atoms with Crippen molar-refractivity contribution in [1.29, 1.82) is 0 Å². The van der Waals surface area contributed by atoms with Gasteiger partial charge >= 0.3 is 6.61 Å². The Morgan fingerprint density at radius 2 is 2.09 bits per heavy atom. The number of methoxy groups -OCH3 is 1. The monoisotopic (exact) mass is 489 g/mol. The first-order valence-electron chi connectivity index (χ1n) is 11.3. The molecule has 1 N–H and O–H groups in total. The van der Waals surface area contributed by atoms with Crippen LogP contribution in [0.5, 0.6) is 17.2 Å². The van der Waals surface area contributed by atoms with Crippen LogP contribution in [-0.2, 0) is 9.47 Å². The number of aromatic nitrogens is 2. The average molecular weight is 489 g/mol. The number of carbonyl (C=O) groups is 1. The maximum Gasteiger partial charge on any atom is 0.387 e. The number of nitrogens with zero attached hydrogens (tertiary/aromatic N) is 2. The van der Waals surface area contributed by atoms with Crippen LogP contribution in [0.1, 0.15) is 23.2 Å². The Bertz CT molecular complexity index is 1210. The maximum absolute atomic E-state index is 13.2. The third kappa shape index (κ3) is 5.30. The molecule has 2 fully saturated rings. The number of fused-ring (bicyclic) bond motifs is 1. The molecule has 35 heavy (non-hydrogen) atoms. The predicted octanol–water partition coefficient (Wildman–Crippen LogP) is 3.30. The van der Waals surface area contributed by atoms with Gasteiger partial charge in [-0.05, 0) is 31.0 Å². The van der Waals surface area contributed by atoms with Crippen LogP contribution < -0.4 is 19.5 Å². The molecule has 1 saturated heterocycles. The van der Waals surface area contributed by atoms with Gasteiger partial charge in [-0.15, -0.1) is 0 Å². The first-order valence-corrected chi connectivity index (χ1v) is 11.3. The van der Waals surface area contributed by atoms with Crippen molar-refractivity contribution >= 4 is 11.6 Å². The summed E-state index contributed by atoms with van der Waals surface area (Å²) < 4.78 is 55.1. The van der Waals surface area contributed by atoms with Crippen molar-refractivity contribution < 1.29 is 37.3 Å². The van der Waals surface area contributed by atoms with Gasteiger partial charge in [0.25, 0.3) is 5.91 Å². The lowest BCUT2D eigenvalue weighted by molar-refractivity contribution is -0.101. The molecule has 0 bridgehead atoms. The lowest BCUT2D eigenvalue weighted by Crippen LogP contribution is -2.33. The fraction of sp³-hybridized carbons (Fsp3) is 0.417. The SMILES string of the molecule is COc1cc(-c2cnc3cc(OCC4COCCO4)ccn23)cc(OC(F)F)c1C(=O)NC1CC1. The molecule has 9 nitrogen and oxygen atoms in total. The van der Waals surface area contributed by atoms with Crippen LogP contribution in [0.3, 0.4) is 0 Å². The number of hydrogen-bond acceptors (Lipinski definition) is 7. The maximum atomic E-state index is 13.2. The van der Waals surface area contributed by atoms with Gasteiger partial charge in [0.05, 0.1) is 38.8 Å². The molecule has 1 aliphatic heterocycles. The zero-order chi connectivity index (χ0) is 24.4. The third-order valence-electron chi connectivity index (χ3n) is 5.74. The molecule has 186 valence electrons. The van der Waals surface area contributed by atoms with E-state index in [-0.39, 0.29) is 29.2 Å². The van der Waals surface area contributed by atoms with E-state index in [1.165, 1.54) is 13.2 Å². The van der Waals surface area contributed by atoms with E-state index in [0.29, 0.717) is 49.1 Å². The van der Waals surface area contributed by atoms with Gasteiger partial charge in [0.15, 0.2) is 0 Å². The Morgan fingerprint density at radius 1 is 1.26 bits per heavy atom. The Kier molecular flexibility index (Phi) is 6.69. The molecule has 1 unspecified atom stereocenters. The van der Waals surface area contributed by atoms with Crippen LogP contribution in [0.2, 0.25) is 0 Å². The highest BCUT2D eigenvalue weighted by atomic mass is 19.3. The van der Waals surface area contributed by atoms with Crippen molar-refractivity contribution in [2.75, 3.05) is 33.5 Å².